The first kappa shape index (κ1) is 19.9. The van der Waals surface area contributed by atoms with Gasteiger partial charge in [-0.1, -0.05) is 12.1 Å². The molecule has 0 fully saturated rings. The molecule has 0 aliphatic carbocycles. The van der Waals surface area contributed by atoms with E-state index in [4.69, 9.17) is 0 Å². The van der Waals surface area contributed by atoms with Crippen LogP contribution >= 0.6 is 0 Å². The lowest BCUT2D eigenvalue weighted by atomic mass is 10.2. The van der Waals surface area contributed by atoms with Gasteiger partial charge in [0, 0.05) is 24.0 Å². The van der Waals surface area contributed by atoms with Crippen LogP contribution in [-0.2, 0) is 4.79 Å². The minimum atomic E-state index is -0.891. The Morgan fingerprint density at radius 3 is 2.24 bits per heavy atom. The smallest absolute Gasteiger partial charge is 0.274 e. The Morgan fingerprint density at radius 1 is 0.897 bits per heavy atom. The summed E-state index contributed by atoms with van der Waals surface area (Å²) < 4.78 is 27.5. The topological polar surface area (TPSA) is 96.0 Å². The Labute approximate surface area is 165 Å². The molecule has 0 radical (unpaired) electrons. The third kappa shape index (κ3) is 5.10. The Morgan fingerprint density at radius 2 is 1.55 bits per heavy atom. The number of aryl methyl sites for hydroxylation is 1. The predicted molar refractivity (Wildman–Crippen MR) is 105 cm³/mol. The van der Waals surface area contributed by atoms with E-state index in [2.05, 4.69) is 25.9 Å². The molecule has 148 valence electrons. The van der Waals surface area contributed by atoms with E-state index >= 15 is 0 Å². The molecule has 2 aromatic carbocycles. The molecule has 0 saturated carbocycles. The maximum atomic E-state index is 13.8. The largest absolute Gasteiger partial charge is 0.326 e. The van der Waals surface area contributed by atoms with Crippen LogP contribution in [0.3, 0.4) is 0 Å². The molecule has 0 aliphatic rings. The van der Waals surface area contributed by atoms with Crippen molar-refractivity contribution < 1.29 is 18.4 Å². The number of rotatable bonds is 5. The lowest BCUT2D eigenvalue weighted by Crippen LogP contribution is -2.17. The van der Waals surface area contributed by atoms with Crippen LogP contribution in [-0.4, -0.2) is 21.8 Å². The average molecular weight is 397 g/mol. The van der Waals surface area contributed by atoms with E-state index < -0.39 is 23.2 Å². The van der Waals surface area contributed by atoms with E-state index in [9.17, 15) is 18.4 Å². The van der Waals surface area contributed by atoms with E-state index in [0.717, 1.165) is 12.1 Å². The highest BCUT2D eigenvalue weighted by Crippen LogP contribution is 2.21. The van der Waals surface area contributed by atoms with Crippen molar-refractivity contribution in [1.82, 2.24) is 9.97 Å². The zero-order valence-corrected chi connectivity index (χ0v) is 15.6. The van der Waals surface area contributed by atoms with Gasteiger partial charge in [-0.2, -0.15) is 0 Å². The number of amides is 2. The normalized spacial score (nSPS) is 10.3. The van der Waals surface area contributed by atoms with Gasteiger partial charge in [0.05, 0.1) is 0 Å². The first-order valence-corrected chi connectivity index (χ1v) is 8.57. The predicted octanol–water partition coefficient (Wildman–Crippen LogP) is 4.02. The Balaban J connectivity index is 1.83. The van der Waals surface area contributed by atoms with Crippen molar-refractivity contribution in [3.05, 3.63) is 71.6 Å². The summed E-state index contributed by atoms with van der Waals surface area (Å²) in [6.45, 7) is 3.05. The van der Waals surface area contributed by atoms with Crippen molar-refractivity contribution in [3.8, 4) is 0 Å². The molecule has 0 spiro atoms. The van der Waals surface area contributed by atoms with Gasteiger partial charge < -0.3 is 16.0 Å². The summed E-state index contributed by atoms with van der Waals surface area (Å²) in [6.07, 6.45) is 0. The van der Waals surface area contributed by atoms with Gasteiger partial charge in [-0.05, 0) is 43.3 Å². The maximum Gasteiger partial charge on any atom is 0.274 e. The summed E-state index contributed by atoms with van der Waals surface area (Å²) in [5, 5.41) is 7.78. The molecule has 1 heterocycles. The summed E-state index contributed by atoms with van der Waals surface area (Å²) in [5.41, 5.74) is 1.00. The van der Waals surface area contributed by atoms with E-state index in [0.29, 0.717) is 17.1 Å². The molecule has 7 nitrogen and oxygen atoms in total. The maximum absolute atomic E-state index is 13.8. The molecular formula is C20H17F2N5O2. The van der Waals surface area contributed by atoms with Crippen LogP contribution in [0.1, 0.15) is 23.1 Å². The third-order valence-electron chi connectivity index (χ3n) is 3.73. The molecule has 3 aromatic rings. The van der Waals surface area contributed by atoms with Crippen LogP contribution in [0.2, 0.25) is 0 Å². The Kier molecular flexibility index (Phi) is 5.77. The SMILES string of the molecule is CC(=O)Nc1cccc(Nc2nc(C)cc(C(=O)Nc3c(F)cccc3F)n2)c1. The lowest BCUT2D eigenvalue weighted by Gasteiger charge is -2.11. The summed E-state index contributed by atoms with van der Waals surface area (Å²) in [6, 6.07) is 11.5. The van der Waals surface area contributed by atoms with Gasteiger partial charge in [-0.15, -0.1) is 0 Å². The number of halogens is 2. The van der Waals surface area contributed by atoms with Crippen LogP contribution in [0, 0.1) is 18.6 Å². The minimum Gasteiger partial charge on any atom is -0.326 e. The fraction of sp³-hybridized carbons (Fsp3) is 0.100. The summed E-state index contributed by atoms with van der Waals surface area (Å²) in [7, 11) is 0. The number of nitrogens with one attached hydrogen (secondary N) is 3. The number of carbonyl (C=O) groups is 2. The molecule has 29 heavy (non-hydrogen) atoms. The van der Waals surface area contributed by atoms with E-state index in [1.54, 1.807) is 31.2 Å². The molecule has 1 aromatic heterocycles. The number of hydrogen-bond acceptors (Lipinski definition) is 5. The van der Waals surface area contributed by atoms with Gasteiger partial charge in [0.15, 0.2) is 0 Å². The second-order valence-electron chi connectivity index (χ2n) is 6.16. The standard InChI is InChI=1S/C20H17F2N5O2/c1-11-9-17(19(29)27-18-15(21)7-4-8-16(18)22)26-20(23-11)25-14-6-3-5-13(10-14)24-12(2)28/h3-10H,1-2H3,(H,24,28)(H,27,29)(H,23,25,26). The highest BCUT2D eigenvalue weighted by molar-refractivity contribution is 6.03. The third-order valence-corrected chi connectivity index (χ3v) is 3.73. The fourth-order valence-corrected chi connectivity index (χ4v) is 2.54. The first-order chi connectivity index (χ1) is 13.8. The quantitative estimate of drug-likeness (QED) is 0.604. The van der Waals surface area contributed by atoms with Crippen LogP contribution < -0.4 is 16.0 Å². The van der Waals surface area contributed by atoms with Crippen LogP contribution in [0.25, 0.3) is 0 Å². The van der Waals surface area contributed by atoms with Crippen molar-refractivity contribution in [1.29, 1.82) is 0 Å². The van der Waals surface area contributed by atoms with Crippen LogP contribution in [0.4, 0.5) is 31.8 Å². The van der Waals surface area contributed by atoms with Gasteiger partial charge in [-0.25, -0.2) is 18.7 Å². The highest BCUT2D eigenvalue weighted by atomic mass is 19.1. The van der Waals surface area contributed by atoms with Crippen molar-refractivity contribution in [2.75, 3.05) is 16.0 Å². The summed E-state index contributed by atoms with van der Waals surface area (Å²) in [5.74, 6) is -2.67. The number of para-hydroxylation sites is 1. The number of benzene rings is 2. The molecule has 0 bridgehead atoms. The van der Waals surface area contributed by atoms with E-state index in [1.807, 2.05) is 0 Å². The summed E-state index contributed by atoms with van der Waals surface area (Å²) in [4.78, 5) is 31.9. The molecule has 3 rings (SSSR count). The number of carbonyl (C=O) groups excluding carboxylic acids is 2. The van der Waals surface area contributed by atoms with Crippen molar-refractivity contribution in [2.45, 2.75) is 13.8 Å². The van der Waals surface area contributed by atoms with Crippen molar-refractivity contribution in [2.24, 2.45) is 0 Å². The molecule has 0 atom stereocenters. The van der Waals surface area contributed by atoms with E-state index in [-0.39, 0.29) is 17.5 Å². The molecule has 0 saturated heterocycles. The Hall–Kier alpha value is -3.88. The number of aromatic nitrogens is 2. The van der Waals surface area contributed by atoms with Gasteiger partial charge in [0.1, 0.15) is 23.0 Å². The fourth-order valence-electron chi connectivity index (χ4n) is 2.54. The summed E-state index contributed by atoms with van der Waals surface area (Å²) >= 11 is 0. The second kappa shape index (κ2) is 8.42. The van der Waals surface area contributed by atoms with Gasteiger partial charge >= 0.3 is 0 Å². The molecule has 0 unspecified atom stereocenters. The Bertz CT molecular complexity index is 1070. The molecule has 2 amide bonds. The van der Waals surface area contributed by atoms with Gasteiger partial charge in [0.25, 0.3) is 5.91 Å². The molecular weight excluding hydrogens is 380 g/mol. The second-order valence-corrected chi connectivity index (χ2v) is 6.16. The zero-order valence-electron chi connectivity index (χ0n) is 15.6. The molecule has 9 heteroatoms. The average Bonchev–Trinajstić information content (AvgIpc) is 2.64. The molecule has 3 N–H and O–H groups in total. The number of nitrogens with zero attached hydrogens (tertiary/aromatic N) is 2. The van der Waals surface area contributed by atoms with Crippen molar-refractivity contribution in [3.63, 3.8) is 0 Å². The van der Waals surface area contributed by atoms with E-state index in [1.165, 1.54) is 19.1 Å². The molecule has 0 aliphatic heterocycles. The van der Waals surface area contributed by atoms with Crippen molar-refractivity contribution >= 4 is 34.8 Å². The first-order valence-electron chi connectivity index (χ1n) is 8.57. The van der Waals surface area contributed by atoms with Gasteiger partial charge in [-0.3, -0.25) is 9.59 Å². The monoisotopic (exact) mass is 397 g/mol. The number of hydrogen-bond donors (Lipinski definition) is 3. The minimum absolute atomic E-state index is 0.0688. The number of anilines is 4. The zero-order chi connectivity index (χ0) is 21.0. The van der Waals surface area contributed by atoms with Crippen LogP contribution in [0.5, 0.6) is 0 Å². The highest BCUT2D eigenvalue weighted by Gasteiger charge is 2.16. The van der Waals surface area contributed by atoms with Gasteiger partial charge in [0.2, 0.25) is 11.9 Å². The van der Waals surface area contributed by atoms with Crippen LogP contribution in [0.15, 0.2) is 48.5 Å². The lowest BCUT2D eigenvalue weighted by molar-refractivity contribution is -0.114.